The van der Waals surface area contributed by atoms with Crippen LogP contribution >= 0.6 is 0 Å². The Labute approximate surface area is 121 Å². The van der Waals surface area contributed by atoms with Crippen LogP contribution in [0.15, 0.2) is 18.2 Å². The third kappa shape index (κ3) is 3.87. The zero-order valence-corrected chi connectivity index (χ0v) is 13.3. The lowest BCUT2D eigenvalue weighted by atomic mass is 9.83. The number of benzene rings is 1. The molecule has 0 heterocycles. The molecule has 114 valence electrons. The largest absolute Gasteiger partial charge is 0.497 e. The minimum atomic E-state index is -0.778. The number of hydrogen-bond donors (Lipinski definition) is 1. The Bertz CT molecular complexity index is 423. The lowest BCUT2D eigenvalue weighted by molar-refractivity contribution is -0.0904. The minimum absolute atomic E-state index is 0.191. The van der Waals surface area contributed by atoms with Crippen molar-refractivity contribution in [2.24, 2.45) is 5.41 Å². The summed E-state index contributed by atoms with van der Waals surface area (Å²) < 4.78 is 16.3. The van der Waals surface area contributed by atoms with Gasteiger partial charge in [-0.3, -0.25) is 0 Å². The number of methoxy groups -OCH3 is 2. The minimum Gasteiger partial charge on any atom is -0.497 e. The summed E-state index contributed by atoms with van der Waals surface area (Å²) in [6.07, 6.45) is -1.10. The molecule has 0 aliphatic carbocycles. The molecular formula is C16H26O4. The SMILES string of the molecule is CCOC(C(O)c1cc(OC)ccc1OC)C(C)(C)C. The van der Waals surface area contributed by atoms with Gasteiger partial charge in [0.2, 0.25) is 0 Å². The first kappa shape index (κ1) is 16.8. The van der Waals surface area contributed by atoms with Crippen molar-refractivity contribution in [2.75, 3.05) is 20.8 Å². The van der Waals surface area contributed by atoms with Crippen LogP contribution in [-0.2, 0) is 4.74 Å². The van der Waals surface area contributed by atoms with Crippen molar-refractivity contribution >= 4 is 0 Å². The first-order chi connectivity index (χ1) is 9.35. The first-order valence-electron chi connectivity index (χ1n) is 6.86. The van der Waals surface area contributed by atoms with Gasteiger partial charge < -0.3 is 19.3 Å². The number of hydrogen-bond acceptors (Lipinski definition) is 4. The van der Waals surface area contributed by atoms with Crippen molar-refractivity contribution in [2.45, 2.75) is 39.9 Å². The molecule has 1 aromatic carbocycles. The molecule has 0 bridgehead atoms. The second-order valence-corrected chi connectivity index (χ2v) is 5.79. The average molecular weight is 282 g/mol. The van der Waals surface area contributed by atoms with Crippen LogP contribution in [0.5, 0.6) is 11.5 Å². The highest BCUT2D eigenvalue weighted by atomic mass is 16.5. The van der Waals surface area contributed by atoms with Gasteiger partial charge in [0.15, 0.2) is 0 Å². The first-order valence-corrected chi connectivity index (χ1v) is 6.86. The zero-order valence-electron chi connectivity index (χ0n) is 13.3. The molecule has 1 N–H and O–H groups in total. The molecule has 2 atom stereocenters. The molecule has 4 heteroatoms. The predicted octanol–water partition coefficient (Wildman–Crippen LogP) is 3.19. The molecule has 0 saturated carbocycles. The van der Waals surface area contributed by atoms with Gasteiger partial charge >= 0.3 is 0 Å². The van der Waals surface area contributed by atoms with Gasteiger partial charge in [-0.25, -0.2) is 0 Å². The fourth-order valence-electron chi connectivity index (χ4n) is 2.23. The zero-order chi connectivity index (χ0) is 15.3. The number of aliphatic hydroxyl groups is 1. The standard InChI is InChI=1S/C16H26O4/c1-7-20-15(16(2,3)4)14(17)12-10-11(18-5)8-9-13(12)19-6/h8-10,14-15,17H,7H2,1-6H3. The maximum Gasteiger partial charge on any atom is 0.125 e. The monoisotopic (exact) mass is 282 g/mol. The normalized spacial score (nSPS) is 14.8. The summed E-state index contributed by atoms with van der Waals surface area (Å²) in [5, 5.41) is 10.7. The van der Waals surface area contributed by atoms with E-state index in [4.69, 9.17) is 14.2 Å². The lowest BCUT2D eigenvalue weighted by Gasteiger charge is -2.34. The molecule has 0 saturated heterocycles. The molecule has 0 amide bonds. The van der Waals surface area contributed by atoms with E-state index in [1.54, 1.807) is 26.4 Å². The van der Waals surface area contributed by atoms with E-state index in [-0.39, 0.29) is 11.5 Å². The van der Waals surface area contributed by atoms with Crippen molar-refractivity contribution in [3.05, 3.63) is 23.8 Å². The Hall–Kier alpha value is -1.26. The summed E-state index contributed by atoms with van der Waals surface area (Å²) in [6.45, 7) is 8.61. The summed E-state index contributed by atoms with van der Waals surface area (Å²) in [4.78, 5) is 0. The van der Waals surface area contributed by atoms with Gasteiger partial charge in [-0.1, -0.05) is 20.8 Å². The lowest BCUT2D eigenvalue weighted by Crippen LogP contribution is -2.35. The Morgan fingerprint density at radius 3 is 2.25 bits per heavy atom. The maximum atomic E-state index is 10.7. The van der Waals surface area contributed by atoms with Crippen LogP contribution in [0.2, 0.25) is 0 Å². The molecule has 1 aromatic rings. The second-order valence-electron chi connectivity index (χ2n) is 5.79. The highest BCUT2D eigenvalue weighted by Crippen LogP contribution is 2.38. The van der Waals surface area contributed by atoms with Crippen LogP contribution < -0.4 is 9.47 Å². The molecule has 4 nitrogen and oxygen atoms in total. The third-order valence-electron chi connectivity index (χ3n) is 3.24. The molecule has 0 aliphatic rings. The molecule has 2 unspecified atom stereocenters. The van der Waals surface area contributed by atoms with Gasteiger partial charge in [-0.2, -0.15) is 0 Å². The number of aliphatic hydroxyl groups excluding tert-OH is 1. The Kier molecular flexibility index (Phi) is 5.84. The summed E-state index contributed by atoms with van der Waals surface area (Å²) >= 11 is 0. The molecule has 0 spiro atoms. The Morgan fingerprint density at radius 1 is 1.15 bits per heavy atom. The van der Waals surface area contributed by atoms with Crippen molar-refractivity contribution in [3.8, 4) is 11.5 Å². The van der Waals surface area contributed by atoms with Crippen LogP contribution in [0.25, 0.3) is 0 Å². The van der Waals surface area contributed by atoms with Crippen molar-refractivity contribution in [1.29, 1.82) is 0 Å². The molecule has 0 aromatic heterocycles. The van der Waals surface area contributed by atoms with Crippen molar-refractivity contribution in [3.63, 3.8) is 0 Å². The maximum absolute atomic E-state index is 10.7. The quantitative estimate of drug-likeness (QED) is 0.870. The summed E-state index contributed by atoms with van der Waals surface area (Å²) in [5.74, 6) is 1.32. The van der Waals surface area contributed by atoms with E-state index >= 15 is 0 Å². The molecule has 1 rings (SSSR count). The predicted molar refractivity (Wildman–Crippen MR) is 79.4 cm³/mol. The summed E-state index contributed by atoms with van der Waals surface area (Å²) in [6, 6.07) is 5.39. The van der Waals surface area contributed by atoms with Crippen LogP contribution in [0.4, 0.5) is 0 Å². The Balaban J connectivity index is 3.19. The van der Waals surface area contributed by atoms with Crippen LogP contribution in [0.1, 0.15) is 39.4 Å². The van der Waals surface area contributed by atoms with E-state index < -0.39 is 6.10 Å². The highest BCUT2D eigenvalue weighted by molar-refractivity contribution is 5.42. The molecule has 0 aliphatic heterocycles. The van der Waals surface area contributed by atoms with Crippen LogP contribution in [0.3, 0.4) is 0 Å². The molecule has 0 radical (unpaired) electrons. The highest BCUT2D eigenvalue weighted by Gasteiger charge is 2.34. The summed E-state index contributed by atoms with van der Waals surface area (Å²) in [7, 11) is 3.19. The van der Waals surface area contributed by atoms with E-state index in [2.05, 4.69) is 0 Å². The van der Waals surface area contributed by atoms with E-state index in [1.807, 2.05) is 33.8 Å². The summed E-state index contributed by atoms with van der Waals surface area (Å²) in [5.41, 5.74) is 0.490. The number of rotatable bonds is 6. The third-order valence-corrected chi connectivity index (χ3v) is 3.24. The van der Waals surface area contributed by atoms with Gasteiger partial charge in [-0.05, 0) is 30.5 Å². The molecule has 20 heavy (non-hydrogen) atoms. The topological polar surface area (TPSA) is 47.9 Å². The van der Waals surface area contributed by atoms with Gasteiger partial charge in [0.25, 0.3) is 0 Å². The van der Waals surface area contributed by atoms with Crippen molar-refractivity contribution in [1.82, 2.24) is 0 Å². The fraction of sp³-hybridized carbons (Fsp3) is 0.625. The van der Waals surface area contributed by atoms with E-state index in [1.165, 1.54) is 0 Å². The second kappa shape index (κ2) is 6.95. The average Bonchev–Trinajstić information content (AvgIpc) is 2.42. The van der Waals surface area contributed by atoms with Gasteiger partial charge in [-0.15, -0.1) is 0 Å². The fourth-order valence-corrected chi connectivity index (χ4v) is 2.23. The molecular weight excluding hydrogens is 256 g/mol. The number of ether oxygens (including phenoxy) is 3. The smallest absolute Gasteiger partial charge is 0.125 e. The van der Waals surface area contributed by atoms with E-state index in [9.17, 15) is 5.11 Å². The van der Waals surface area contributed by atoms with Gasteiger partial charge in [0.1, 0.15) is 17.6 Å². The van der Waals surface area contributed by atoms with Crippen molar-refractivity contribution < 1.29 is 19.3 Å². The molecule has 0 fully saturated rings. The van der Waals surface area contributed by atoms with Crippen LogP contribution in [-0.4, -0.2) is 32.0 Å². The van der Waals surface area contributed by atoms with Crippen LogP contribution in [0, 0.1) is 5.41 Å². The van der Waals surface area contributed by atoms with E-state index in [0.717, 1.165) is 0 Å². The van der Waals surface area contributed by atoms with E-state index in [0.29, 0.717) is 23.7 Å². The Morgan fingerprint density at radius 2 is 1.80 bits per heavy atom. The van der Waals surface area contributed by atoms with Gasteiger partial charge in [0, 0.05) is 12.2 Å². The van der Waals surface area contributed by atoms with Gasteiger partial charge in [0.05, 0.1) is 20.3 Å².